The molecule has 2 fully saturated rings. The van der Waals surface area contributed by atoms with E-state index in [0.717, 1.165) is 36.1 Å². The molecule has 1 aromatic rings. The smallest absolute Gasteiger partial charge is 0.387 e. The van der Waals surface area contributed by atoms with E-state index in [0.29, 0.717) is 13.0 Å². The van der Waals surface area contributed by atoms with Crippen molar-refractivity contribution in [1.29, 1.82) is 0 Å². The summed E-state index contributed by atoms with van der Waals surface area (Å²) in [6.07, 6.45) is 3.83. The van der Waals surface area contributed by atoms with Gasteiger partial charge in [-0.15, -0.1) is 0 Å². The van der Waals surface area contributed by atoms with Crippen molar-refractivity contribution in [3.05, 3.63) is 29.8 Å². The predicted octanol–water partition coefficient (Wildman–Crippen LogP) is 2.12. The van der Waals surface area contributed by atoms with Crippen LogP contribution in [-0.2, 0) is 20.8 Å². The van der Waals surface area contributed by atoms with E-state index >= 15 is 0 Å². The van der Waals surface area contributed by atoms with Crippen LogP contribution in [0.15, 0.2) is 24.3 Å². The maximum absolute atomic E-state index is 12.3. The van der Waals surface area contributed by atoms with Crippen LogP contribution in [0.1, 0.15) is 31.2 Å². The van der Waals surface area contributed by atoms with E-state index in [9.17, 15) is 23.2 Å². The van der Waals surface area contributed by atoms with Crippen molar-refractivity contribution in [2.75, 3.05) is 13.1 Å². The Morgan fingerprint density at radius 1 is 1.11 bits per heavy atom. The van der Waals surface area contributed by atoms with Gasteiger partial charge in [0.15, 0.2) is 0 Å². The molecule has 1 aliphatic heterocycles. The van der Waals surface area contributed by atoms with Crippen molar-refractivity contribution in [2.24, 2.45) is 11.8 Å². The lowest BCUT2D eigenvalue weighted by atomic mass is 9.81. The number of imide groups is 1. The van der Waals surface area contributed by atoms with Gasteiger partial charge in [0.2, 0.25) is 17.7 Å². The topological polar surface area (TPSA) is 75.7 Å². The first kappa shape index (κ1) is 19.3. The molecule has 2 unspecified atom stereocenters. The van der Waals surface area contributed by atoms with Crippen LogP contribution in [0.3, 0.4) is 0 Å². The van der Waals surface area contributed by atoms with Crippen LogP contribution >= 0.6 is 0 Å². The Bertz CT molecular complexity index is 684. The zero-order chi connectivity index (χ0) is 19.4. The summed E-state index contributed by atoms with van der Waals surface area (Å²) in [7, 11) is 0. The summed E-state index contributed by atoms with van der Waals surface area (Å²) in [5.74, 6) is -1.27. The molecule has 8 heteroatoms. The Labute approximate surface area is 155 Å². The number of hydrogen-bond acceptors (Lipinski definition) is 4. The average Bonchev–Trinajstić information content (AvgIpc) is 2.88. The molecule has 0 aromatic heterocycles. The fourth-order valence-corrected chi connectivity index (χ4v) is 3.77. The van der Waals surface area contributed by atoms with Crippen molar-refractivity contribution in [2.45, 2.75) is 38.7 Å². The Balaban J connectivity index is 1.44. The summed E-state index contributed by atoms with van der Waals surface area (Å²) in [5.41, 5.74) is 0.844. The molecule has 1 aliphatic carbocycles. The molecule has 2 atom stereocenters. The second-order valence-corrected chi connectivity index (χ2v) is 6.88. The standard InChI is InChI=1S/C19H22F2N2O4/c20-19(21)27-13-7-5-12(6-8-13)9-10-22-16(24)11-23-17(25)14-3-1-2-4-15(14)18(23)26/h5-8,14-15,19H,1-4,9-11H2,(H,22,24). The fourth-order valence-electron chi connectivity index (χ4n) is 3.77. The molecule has 1 N–H and O–H groups in total. The number of hydrogen-bond donors (Lipinski definition) is 1. The van der Waals surface area contributed by atoms with Gasteiger partial charge >= 0.3 is 6.61 Å². The Morgan fingerprint density at radius 3 is 2.26 bits per heavy atom. The number of rotatable bonds is 7. The van der Waals surface area contributed by atoms with Gasteiger partial charge in [0.05, 0.1) is 11.8 Å². The molecule has 6 nitrogen and oxygen atoms in total. The van der Waals surface area contributed by atoms with Crippen LogP contribution in [0.4, 0.5) is 8.78 Å². The predicted molar refractivity (Wildman–Crippen MR) is 92.0 cm³/mol. The average molecular weight is 380 g/mol. The zero-order valence-corrected chi connectivity index (χ0v) is 14.8. The largest absolute Gasteiger partial charge is 0.435 e. The summed E-state index contributed by atoms with van der Waals surface area (Å²) >= 11 is 0. The lowest BCUT2D eigenvalue weighted by Gasteiger charge is -2.19. The number of nitrogens with zero attached hydrogens (tertiary/aromatic N) is 1. The maximum Gasteiger partial charge on any atom is 0.387 e. The molecule has 0 spiro atoms. The van der Waals surface area contributed by atoms with Gasteiger partial charge in [-0.05, 0) is 37.0 Å². The molecule has 0 radical (unpaired) electrons. The zero-order valence-electron chi connectivity index (χ0n) is 14.8. The molecular formula is C19H22F2N2O4. The summed E-state index contributed by atoms with van der Waals surface area (Å²) < 4.78 is 28.5. The summed E-state index contributed by atoms with van der Waals surface area (Å²) in [6, 6.07) is 6.16. The number of nitrogens with one attached hydrogen (secondary N) is 1. The van der Waals surface area contributed by atoms with Crippen molar-refractivity contribution in [3.63, 3.8) is 0 Å². The van der Waals surface area contributed by atoms with E-state index in [2.05, 4.69) is 10.1 Å². The molecule has 146 valence electrons. The minimum Gasteiger partial charge on any atom is -0.435 e. The first-order chi connectivity index (χ1) is 13.0. The Morgan fingerprint density at radius 2 is 1.70 bits per heavy atom. The van der Waals surface area contributed by atoms with Gasteiger partial charge in [-0.2, -0.15) is 8.78 Å². The fraction of sp³-hybridized carbons (Fsp3) is 0.526. The van der Waals surface area contributed by atoms with Crippen molar-refractivity contribution in [1.82, 2.24) is 10.2 Å². The van der Waals surface area contributed by atoms with Crippen LogP contribution < -0.4 is 10.1 Å². The molecule has 1 saturated carbocycles. The summed E-state index contributed by atoms with van der Waals surface area (Å²) in [5, 5.41) is 2.69. The Kier molecular flexibility index (Phi) is 6.03. The maximum atomic E-state index is 12.3. The minimum absolute atomic E-state index is 0.0744. The molecule has 1 saturated heterocycles. The highest BCUT2D eigenvalue weighted by molar-refractivity contribution is 6.07. The number of halogens is 2. The number of likely N-dealkylation sites (tertiary alicyclic amines) is 1. The minimum atomic E-state index is -2.87. The normalized spacial score (nSPS) is 22.1. The van der Waals surface area contributed by atoms with E-state index in [-0.39, 0.29) is 41.9 Å². The molecule has 3 rings (SSSR count). The van der Waals surface area contributed by atoms with Crippen LogP contribution in [0, 0.1) is 11.8 Å². The van der Waals surface area contributed by atoms with E-state index in [1.807, 2.05) is 0 Å². The molecule has 1 heterocycles. The molecule has 0 bridgehead atoms. The quantitative estimate of drug-likeness (QED) is 0.736. The van der Waals surface area contributed by atoms with Crippen LogP contribution in [0.5, 0.6) is 5.75 Å². The Hall–Kier alpha value is -2.51. The molecule has 27 heavy (non-hydrogen) atoms. The second kappa shape index (κ2) is 8.45. The molecule has 2 aliphatic rings. The first-order valence-corrected chi connectivity index (χ1v) is 9.11. The SMILES string of the molecule is O=C(CN1C(=O)C2CCCCC2C1=O)NCCc1ccc(OC(F)F)cc1. The van der Waals surface area contributed by atoms with Gasteiger partial charge in [0.1, 0.15) is 12.3 Å². The number of carbonyl (C=O) groups is 3. The van der Waals surface area contributed by atoms with E-state index in [1.54, 1.807) is 12.1 Å². The van der Waals surface area contributed by atoms with Gasteiger partial charge < -0.3 is 10.1 Å². The number of fused-ring (bicyclic) bond motifs is 1. The van der Waals surface area contributed by atoms with Crippen LogP contribution in [-0.4, -0.2) is 42.3 Å². The van der Waals surface area contributed by atoms with Gasteiger partial charge in [-0.3, -0.25) is 19.3 Å². The third-order valence-corrected chi connectivity index (χ3v) is 5.12. The number of amides is 3. The molecule has 1 aromatic carbocycles. The van der Waals surface area contributed by atoms with E-state index < -0.39 is 6.61 Å². The van der Waals surface area contributed by atoms with Gasteiger partial charge in [0.25, 0.3) is 0 Å². The lowest BCUT2D eigenvalue weighted by Crippen LogP contribution is -2.41. The summed E-state index contributed by atoms with van der Waals surface area (Å²) in [6.45, 7) is -2.79. The highest BCUT2D eigenvalue weighted by Gasteiger charge is 2.48. The molecule has 3 amide bonds. The highest BCUT2D eigenvalue weighted by Crippen LogP contribution is 2.37. The second-order valence-electron chi connectivity index (χ2n) is 6.88. The van der Waals surface area contributed by atoms with Gasteiger partial charge in [-0.1, -0.05) is 25.0 Å². The van der Waals surface area contributed by atoms with Crippen LogP contribution in [0.2, 0.25) is 0 Å². The summed E-state index contributed by atoms with van der Waals surface area (Å²) in [4.78, 5) is 37.9. The van der Waals surface area contributed by atoms with E-state index in [4.69, 9.17) is 0 Å². The third-order valence-electron chi connectivity index (χ3n) is 5.12. The monoisotopic (exact) mass is 380 g/mol. The number of ether oxygens (including phenoxy) is 1. The number of carbonyl (C=O) groups excluding carboxylic acids is 3. The highest BCUT2D eigenvalue weighted by atomic mass is 19.3. The van der Waals surface area contributed by atoms with Gasteiger partial charge in [-0.25, -0.2) is 0 Å². The van der Waals surface area contributed by atoms with Gasteiger partial charge in [0, 0.05) is 6.54 Å². The van der Waals surface area contributed by atoms with Crippen molar-refractivity contribution >= 4 is 17.7 Å². The lowest BCUT2D eigenvalue weighted by molar-refractivity contribution is -0.143. The van der Waals surface area contributed by atoms with Crippen molar-refractivity contribution in [3.8, 4) is 5.75 Å². The van der Waals surface area contributed by atoms with E-state index in [1.165, 1.54) is 12.1 Å². The molecular weight excluding hydrogens is 358 g/mol. The third kappa shape index (κ3) is 4.61. The number of alkyl halides is 2. The first-order valence-electron chi connectivity index (χ1n) is 9.11. The van der Waals surface area contributed by atoms with Crippen molar-refractivity contribution < 1.29 is 27.9 Å². The van der Waals surface area contributed by atoms with Crippen LogP contribution in [0.25, 0.3) is 0 Å². The number of benzene rings is 1.